The van der Waals surface area contributed by atoms with E-state index in [1.165, 1.54) is 13.8 Å². The number of alkyl carbamates (subject to hydrolysis) is 2. The van der Waals surface area contributed by atoms with Crippen LogP contribution in [0.4, 0.5) is 9.59 Å². The molecule has 0 unspecified atom stereocenters. The average molecular weight is 275 g/mol. The summed E-state index contributed by atoms with van der Waals surface area (Å²) in [5.74, 6) is -2.66. The molecule has 0 rings (SSSR count). The van der Waals surface area contributed by atoms with Crippen molar-refractivity contribution in [3.05, 3.63) is 0 Å². The molecule has 0 aromatic rings. The van der Waals surface area contributed by atoms with E-state index in [1.807, 2.05) is 0 Å². The van der Waals surface area contributed by atoms with Gasteiger partial charge in [-0.05, 0) is 13.8 Å². The van der Waals surface area contributed by atoms with Crippen LogP contribution in [0, 0.1) is 0 Å². The average Bonchev–Trinajstić information content (AvgIpc) is 2.29. The van der Waals surface area contributed by atoms with E-state index in [-0.39, 0.29) is 13.2 Å². The van der Waals surface area contributed by atoms with Gasteiger partial charge in [-0.15, -0.1) is 0 Å². The van der Waals surface area contributed by atoms with Gasteiger partial charge in [-0.2, -0.15) is 0 Å². The van der Waals surface area contributed by atoms with Crippen LogP contribution in [0.25, 0.3) is 0 Å². The second-order valence-electron chi connectivity index (χ2n) is 2.80. The van der Waals surface area contributed by atoms with E-state index in [0.717, 1.165) is 0 Å². The lowest BCUT2D eigenvalue weighted by molar-refractivity contribution is -0.118. The Hall–Kier alpha value is -2.65. The number of ether oxygens (including phenoxy) is 2. The lowest BCUT2D eigenvalue weighted by Crippen LogP contribution is -2.46. The highest BCUT2D eigenvalue weighted by atomic mass is 16.6. The summed E-state index contributed by atoms with van der Waals surface area (Å²) in [7, 11) is 0. The molecule has 0 aliphatic heterocycles. The van der Waals surface area contributed by atoms with Crippen LogP contribution in [0.2, 0.25) is 0 Å². The Balaban J connectivity index is 4.57. The van der Waals surface area contributed by atoms with Gasteiger partial charge in [0.1, 0.15) is 0 Å². The number of oxime groups is 1. The number of nitrogens with one attached hydrogen (secondary N) is 2. The molecule has 3 N–H and O–H groups in total. The topological polar surface area (TPSA) is 143 Å². The van der Waals surface area contributed by atoms with E-state index >= 15 is 0 Å². The fourth-order valence-electron chi connectivity index (χ4n) is 0.832. The Morgan fingerprint density at radius 2 is 1.32 bits per heavy atom. The van der Waals surface area contributed by atoms with E-state index in [2.05, 4.69) is 14.6 Å². The summed E-state index contributed by atoms with van der Waals surface area (Å²) < 4.78 is 8.75. The maximum Gasteiger partial charge on any atom is 0.414 e. The molecule has 0 saturated carbocycles. The summed E-state index contributed by atoms with van der Waals surface area (Å²) in [5, 5.41) is 14.1. The van der Waals surface area contributed by atoms with Crippen molar-refractivity contribution in [2.24, 2.45) is 5.16 Å². The molecule has 0 bridgehead atoms. The number of hydrogen-bond donors (Lipinski definition) is 3. The largest absolute Gasteiger partial charge is 0.450 e. The first kappa shape index (κ1) is 16.4. The molecule has 106 valence electrons. The molecule has 0 spiro atoms. The first-order valence-electron chi connectivity index (χ1n) is 5.14. The molecule has 0 atom stereocenters. The van der Waals surface area contributed by atoms with Crippen molar-refractivity contribution in [2.45, 2.75) is 13.8 Å². The minimum atomic E-state index is -1.33. The molecule has 10 heteroatoms. The Labute approximate surface area is 107 Å². The Morgan fingerprint density at radius 1 is 0.947 bits per heavy atom. The van der Waals surface area contributed by atoms with Crippen LogP contribution in [0.15, 0.2) is 5.16 Å². The lowest BCUT2D eigenvalue weighted by Gasteiger charge is -2.06. The third-order valence-corrected chi connectivity index (χ3v) is 1.51. The summed E-state index contributed by atoms with van der Waals surface area (Å²) in [6.07, 6.45) is -2.25. The van der Waals surface area contributed by atoms with Crippen LogP contribution in [0.3, 0.4) is 0 Å². The van der Waals surface area contributed by atoms with Crippen molar-refractivity contribution in [2.75, 3.05) is 13.2 Å². The monoisotopic (exact) mass is 275 g/mol. The van der Waals surface area contributed by atoms with Gasteiger partial charge in [-0.25, -0.2) is 9.59 Å². The predicted octanol–water partition coefficient (Wildman–Crippen LogP) is -0.638. The molecule has 0 aromatic heterocycles. The molecule has 0 heterocycles. The van der Waals surface area contributed by atoms with Gasteiger partial charge in [0, 0.05) is 0 Å². The van der Waals surface area contributed by atoms with Gasteiger partial charge in [-0.1, -0.05) is 5.16 Å². The molecule has 0 aliphatic carbocycles. The maximum absolute atomic E-state index is 11.3. The first-order valence-corrected chi connectivity index (χ1v) is 5.14. The molecule has 0 fully saturated rings. The molecular formula is C9H13N3O7. The highest BCUT2D eigenvalue weighted by Gasteiger charge is 2.25. The fraction of sp³-hybridized carbons (Fsp3) is 0.444. The number of nitrogens with zero attached hydrogens (tertiary/aromatic N) is 1. The van der Waals surface area contributed by atoms with Gasteiger partial charge >= 0.3 is 12.2 Å². The van der Waals surface area contributed by atoms with Crippen molar-refractivity contribution >= 4 is 29.7 Å². The van der Waals surface area contributed by atoms with Crippen LogP contribution < -0.4 is 10.6 Å². The summed E-state index contributed by atoms with van der Waals surface area (Å²) in [4.78, 5) is 44.5. The number of imide groups is 2. The Kier molecular flexibility index (Phi) is 7.26. The van der Waals surface area contributed by atoms with Crippen molar-refractivity contribution in [3.63, 3.8) is 0 Å². The van der Waals surface area contributed by atoms with E-state index in [1.54, 1.807) is 10.6 Å². The van der Waals surface area contributed by atoms with Crippen molar-refractivity contribution in [1.29, 1.82) is 0 Å². The zero-order valence-corrected chi connectivity index (χ0v) is 10.3. The molecule has 10 nitrogen and oxygen atoms in total. The normalized spacial score (nSPS) is 8.95. The smallest absolute Gasteiger partial charge is 0.414 e. The third-order valence-electron chi connectivity index (χ3n) is 1.51. The fourth-order valence-corrected chi connectivity index (χ4v) is 0.832. The molecule has 0 saturated heterocycles. The van der Waals surface area contributed by atoms with Crippen LogP contribution in [-0.4, -0.2) is 48.1 Å². The molecule has 0 aliphatic rings. The van der Waals surface area contributed by atoms with E-state index in [4.69, 9.17) is 5.21 Å². The van der Waals surface area contributed by atoms with Gasteiger partial charge in [0.25, 0.3) is 11.8 Å². The van der Waals surface area contributed by atoms with E-state index < -0.39 is 29.7 Å². The number of carbonyl (C=O) groups excluding carboxylic acids is 4. The van der Waals surface area contributed by atoms with Gasteiger partial charge < -0.3 is 14.7 Å². The zero-order valence-electron chi connectivity index (χ0n) is 10.3. The van der Waals surface area contributed by atoms with Gasteiger partial charge in [0.05, 0.1) is 13.2 Å². The molecule has 0 aromatic carbocycles. The Morgan fingerprint density at radius 3 is 1.58 bits per heavy atom. The molecule has 0 radical (unpaired) electrons. The minimum absolute atomic E-state index is 0.000261. The third kappa shape index (κ3) is 6.00. The van der Waals surface area contributed by atoms with Crippen LogP contribution in [0.5, 0.6) is 0 Å². The lowest BCUT2D eigenvalue weighted by atomic mass is 10.3. The second-order valence-corrected chi connectivity index (χ2v) is 2.80. The molecule has 19 heavy (non-hydrogen) atoms. The standard InChI is InChI=1S/C9H13N3O7/c1-3-18-8(15)10-6(13)5(12-17)7(14)11-9(16)19-4-2/h17H,3-4H2,1-2H3,(H,10,13,15)(H,11,14,16). The Bertz CT molecular complexity index is 371. The van der Waals surface area contributed by atoms with Crippen molar-refractivity contribution < 1.29 is 33.9 Å². The number of amides is 4. The summed E-state index contributed by atoms with van der Waals surface area (Å²) in [6, 6.07) is 0. The number of rotatable bonds is 4. The summed E-state index contributed by atoms with van der Waals surface area (Å²) in [5.41, 5.74) is -1.10. The zero-order chi connectivity index (χ0) is 14.8. The quantitative estimate of drug-likeness (QED) is 0.268. The first-order chi connectivity index (χ1) is 8.96. The van der Waals surface area contributed by atoms with Gasteiger partial charge in [-0.3, -0.25) is 20.2 Å². The summed E-state index contributed by atoms with van der Waals surface area (Å²) >= 11 is 0. The summed E-state index contributed by atoms with van der Waals surface area (Å²) in [6.45, 7) is 3.00. The van der Waals surface area contributed by atoms with Gasteiger partial charge in [0.15, 0.2) is 0 Å². The van der Waals surface area contributed by atoms with E-state index in [9.17, 15) is 19.2 Å². The number of hydrogen-bond acceptors (Lipinski definition) is 8. The molecule has 4 amide bonds. The SMILES string of the molecule is CCOC(=O)NC(=O)C(=NO)C(=O)NC(=O)OCC. The van der Waals surface area contributed by atoms with Crippen LogP contribution in [0.1, 0.15) is 13.8 Å². The minimum Gasteiger partial charge on any atom is -0.450 e. The highest BCUT2D eigenvalue weighted by molar-refractivity contribution is 6.66. The predicted molar refractivity (Wildman–Crippen MR) is 59.6 cm³/mol. The van der Waals surface area contributed by atoms with Crippen LogP contribution >= 0.6 is 0 Å². The van der Waals surface area contributed by atoms with E-state index in [0.29, 0.717) is 0 Å². The van der Waals surface area contributed by atoms with Crippen LogP contribution in [-0.2, 0) is 19.1 Å². The van der Waals surface area contributed by atoms with Crippen molar-refractivity contribution in [1.82, 2.24) is 10.6 Å². The second kappa shape index (κ2) is 8.44. The highest BCUT2D eigenvalue weighted by Crippen LogP contribution is 1.85. The number of carbonyl (C=O) groups is 4. The maximum atomic E-state index is 11.3. The molecular weight excluding hydrogens is 262 g/mol. The van der Waals surface area contributed by atoms with Crippen molar-refractivity contribution in [3.8, 4) is 0 Å². The van der Waals surface area contributed by atoms with Gasteiger partial charge in [0.2, 0.25) is 5.71 Å².